The van der Waals surface area contributed by atoms with Gasteiger partial charge in [-0.15, -0.1) is 0 Å². The van der Waals surface area contributed by atoms with E-state index in [2.05, 4.69) is 20.8 Å². The lowest BCUT2D eigenvalue weighted by Crippen LogP contribution is -2.66. The van der Waals surface area contributed by atoms with Gasteiger partial charge in [0.25, 0.3) is 0 Å². The Labute approximate surface area is 691 Å². The summed E-state index contributed by atoms with van der Waals surface area (Å²) in [6.07, 6.45) is 44.0. The number of unbranched alkanes of at least 4 members (excludes halogenated alkanes) is 54. The molecule has 0 aliphatic carbocycles. The van der Waals surface area contributed by atoms with E-state index in [1.807, 2.05) is 13.8 Å². The number of fused-ring (bicyclic) bond motifs is 4. The second kappa shape index (κ2) is 62.8. The van der Waals surface area contributed by atoms with Gasteiger partial charge in [0.1, 0.15) is 105 Å². The van der Waals surface area contributed by atoms with E-state index < -0.39 is 154 Å². The standard InChI is InChI=1S/C93H170O21/c1-6-9-12-15-18-21-24-27-30-33-36-39-42-45-48-51-54-57-60-63-75(94)103-66-71-78(97)79(98)80(99)91(108-71)112-86-74-69-106-89(86)82(101)92(110-74)114-90-83(102)93(113-85-72-68-105-88(85)81(100)84(107-72)70(4)5)109-73(67-104-76(95)64-61-58-55-52-49-46-43-40-37-34-31-28-25-22-19-16-13-10-7-2)87(90)111-77(96)65-62-59-56-53-50-47-44-41-38-35-32-29-26-23-20-17-14-11-8-3/h70-74,78-93,97-102H,6-69H2,1-5H3. The first kappa shape index (κ1) is 101. The van der Waals surface area contributed by atoms with Crippen LogP contribution in [0.2, 0.25) is 0 Å². The van der Waals surface area contributed by atoms with Crippen molar-refractivity contribution >= 4 is 17.9 Å². The fourth-order valence-electron chi connectivity index (χ4n) is 17.7. The van der Waals surface area contributed by atoms with Crippen molar-refractivity contribution in [1.82, 2.24) is 0 Å². The number of hydrogen-bond acceptors (Lipinski definition) is 21. The Hall–Kier alpha value is -2.19. The van der Waals surface area contributed by atoms with Gasteiger partial charge in [-0.25, -0.2) is 0 Å². The first-order chi connectivity index (χ1) is 55.7. The number of aliphatic hydroxyl groups excluding tert-OH is 6. The molecule has 668 valence electrons. The molecule has 114 heavy (non-hydrogen) atoms. The smallest absolute Gasteiger partial charge is 0.306 e. The summed E-state index contributed by atoms with van der Waals surface area (Å²) < 4.78 is 74.9. The molecule has 0 radical (unpaired) electrons. The minimum atomic E-state index is -1.78. The molecule has 0 aromatic heterocycles. The third-order valence-corrected chi connectivity index (χ3v) is 25.1. The van der Waals surface area contributed by atoms with Gasteiger partial charge in [-0.3, -0.25) is 14.4 Å². The van der Waals surface area contributed by atoms with Gasteiger partial charge in [-0.1, -0.05) is 381 Å². The highest BCUT2D eigenvalue weighted by molar-refractivity contribution is 5.70. The van der Waals surface area contributed by atoms with Crippen molar-refractivity contribution in [2.24, 2.45) is 5.92 Å². The van der Waals surface area contributed by atoms with Crippen LogP contribution in [0.4, 0.5) is 0 Å². The molecule has 6 heterocycles. The zero-order chi connectivity index (χ0) is 81.6. The number of ether oxygens (including phenoxy) is 12. The van der Waals surface area contributed by atoms with Crippen molar-refractivity contribution in [2.45, 2.75) is 543 Å². The largest absolute Gasteiger partial charge is 0.463 e. The maximum atomic E-state index is 14.2. The summed E-state index contributed by atoms with van der Waals surface area (Å²) in [7, 11) is 0. The lowest BCUT2D eigenvalue weighted by molar-refractivity contribution is -0.370. The fraction of sp³-hybridized carbons (Fsp3) is 0.968. The van der Waals surface area contributed by atoms with Crippen LogP contribution in [-0.2, 0) is 71.2 Å². The second-order valence-corrected chi connectivity index (χ2v) is 35.5. The zero-order valence-corrected chi connectivity index (χ0v) is 72.7. The van der Waals surface area contributed by atoms with Gasteiger partial charge in [0.05, 0.1) is 19.3 Å². The predicted octanol–water partition coefficient (Wildman–Crippen LogP) is 19.2. The van der Waals surface area contributed by atoms with Crippen LogP contribution >= 0.6 is 0 Å². The summed E-state index contributed by atoms with van der Waals surface area (Å²) in [5.41, 5.74) is 0. The molecule has 6 N–H and O–H groups in total. The summed E-state index contributed by atoms with van der Waals surface area (Å²) in [6, 6.07) is 0. The highest BCUT2D eigenvalue weighted by Gasteiger charge is 2.60. The average Bonchev–Trinajstić information content (AvgIpc) is 1.65. The van der Waals surface area contributed by atoms with Gasteiger partial charge in [-0.05, 0) is 25.2 Å². The summed E-state index contributed by atoms with van der Waals surface area (Å²) in [5, 5.41) is 69.9. The Morgan fingerprint density at radius 2 is 0.570 bits per heavy atom. The lowest BCUT2D eigenvalue weighted by Gasteiger charge is -2.48. The Bertz CT molecular complexity index is 2360. The van der Waals surface area contributed by atoms with Gasteiger partial charge in [0, 0.05) is 19.3 Å². The van der Waals surface area contributed by atoms with Crippen LogP contribution in [0.1, 0.15) is 420 Å². The zero-order valence-electron chi connectivity index (χ0n) is 72.7. The molecule has 0 saturated carbocycles. The first-order valence-corrected chi connectivity index (χ1v) is 48.1. The maximum absolute atomic E-state index is 14.2. The normalized spacial score (nSPS) is 28.7. The third-order valence-electron chi connectivity index (χ3n) is 25.1. The molecule has 20 unspecified atom stereocenters. The number of esters is 3. The molecule has 21 heteroatoms. The molecule has 0 aromatic carbocycles. The second-order valence-electron chi connectivity index (χ2n) is 35.5. The fourth-order valence-corrected chi connectivity index (χ4v) is 17.7. The van der Waals surface area contributed by atoms with Gasteiger partial charge >= 0.3 is 17.9 Å². The van der Waals surface area contributed by atoms with Crippen molar-refractivity contribution in [1.29, 1.82) is 0 Å². The summed E-state index contributed by atoms with van der Waals surface area (Å²) in [6.45, 7) is 9.81. The van der Waals surface area contributed by atoms with Crippen LogP contribution in [0, 0.1) is 5.92 Å². The van der Waals surface area contributed by atoms with E-state index in [1.54, 1.807) is 0 Å². The Balaban J connectivity index is 1.01. The molecule has 6 rings (SSSR count). The van der Waals surface area contributed by atoms with Crippen LogP contribution in [0.3, 0.4) is 0 Å². The van der Waals surface area contributed by atoms with Crippen molar-refractivity contribution in [3.05, 3.63) is 0 Å². The molecule has 0 aromatic rings. The first-order valence-electron chi connectivity index (χ1n) is 48.1. The molecule has 0 amide bonds. The van der Waals surface area contributed by atoms with Crippen LogP contribution in [0.5, 0.6) is 0 Å². The van der Waals surface area contributed by atoms with Crippen molar-refractivity contribution in [3.8, 4) is 0 Å². The number of aliphatic hydroxyl groups is 6. The minimum Gasteiger partial charge on any atom is -0.463 e. The Morgan fingerprint density at radius 3 is 0.921 bits per heavy atom. The minimum absolute atomic E-state index is 0.0440. The monoisotopic (exact) mass is 1620 g/mol. The number of carbonyl (C=O) groups excluding carboxylic acids is 3. The van der Waals surface area contributed by atoms with Gasteiger partial charge < -0.3 is 87.5 Å². The van der Waals surface area contributed by atoms with E-state index in [4.69, 9.17) is 56.8 Å². The average molecular weight is 1620 g/mol. The highest BCUT2D eigenvalue weighted by Crippen LogP contribution is 2.41. The molecule has 6 saturated heterocycles. The maximum Gasteiger partial charge on any atom is 0.306 e. The van der Waals surface area contributed by atoms with Crippen molar-refractivity contribution < 1.29 is 102 Å². The van der Waals surface area contributed by atoms with Crippen LogP contribution in [0.15, 0.2) is 0 Å². The van der Waals surface area contributed by atoms with Crippen LogP contribution < -0.4 is 0 Å². The molecule has 6 fully saturated rings. The number of rotatable bonds is 72. The molecule has 21 nitrogen and oxygen atoms in total. The van der Waals surface area contributed by atoms with Gasteiger partial charge in [0.15, 0.2) is 25.0 Å². The third kappa shape index (κ3) is 39.8. The molecule has 20 atom stereocenters. The summed E-state index contributed by atoms with van der Waals surface area (Å²) >= 11 is 0. The SMILES string of the molecule is CCCCCCCCCCCCCCCCCCCCCC(=O)OCC1OC(OC2C3COC2C(O)C(OC2C(O)C(OC4C5COC4C(O)C(C(C)C)O5)OC(COC(=O)CCCCCCCCCCCCCCCCCCCCC)C2OC(=O)CCCCCCCCCCCCCCCCCCCCC)O3)C(O)C(O)C1O. The van der Waals surface area contributed by atoms with E-state index in [9.17, 15) is 45.0 Å². The lowest BCUT2D eigenvalue weighted by atomic mass is 9.91. The summed E-state index contributed by atoms with van der Waals surface area (Å²) in [5.74, 6) is -1.61. The van der Waals surface area contributed by atoms with Crippen molar-refractivity contribution in [3.63, 3.8) is 0 Å². The van der Waals surface area contributed by atoms with E-state index in [0.29, 0.717) is 19.3 Å². The number of hydrogen-bond donors (Lipinski definition) is 6. The number of carbonyl (C=O) groups is 3. The predicted molar refractivity (Wildman–Crippen MR) is 445 cm³/mol. The topological polar surface area (TPSA) is 283 Å². The molecular formula is C93H170O21. The summed E-state index contributed by atoms with van der Waals surface area (Å²) in [4.78, 5) is 41.0. The van der Waals surface area contributed by atoms with Gasteiger partial charge in [0.2, 0.25) is 0 Å². The van der Waals surface area contributed by atoms with Gasteiger partial charge in [-0.2, -0.15) is 0 Å². The molecular weight excluding hydrogens is 1450 g/mol. The Morgan fingerprint density at radius 1 is 0.289 bits per heavy atom. The quantitative estimate of drug-likeness (QED) is 0.0187. The van der Waals surface area contributed by atoms with E-state index in [-0.39, 0.29) is 38.4 Å². The highest BCUT2D eigenvalue weighted by atomic mass is 16.8. The van der Waals surface area contributed by atoms with E-state index in [0.717, 1.165) is 64.2 Å². The van der Waals surface area contributed by atoms with Crippen LogP contribution in [0.25, 0.3) is 0 Å². The molecule has 0 spiro atoms. The van der Waals surface area contributed by atoms with E-state index in [1.165, 1.54) is 283 Å². The van der Waals surface area contributed by atoms with E-state index >= 15 is 0 Å². The van der Waals surface area contributed by atoms with Crippen molar-refractivity contribution in [2.75, 3.05) is 26.4 Å². The molecule has 6 aliphatic rings. The molecule has 4 bridgehead atoms. The van der Waals surface area contributed by atoms with Crippen LogP contribution in [-0.4, -0.2) is 198 Å². The molecule has 6 aliphatic heterocycles. The Kier molecular flexibility index (Phi) is 55.5.